The van der Waals surface area contributed by atoms with Crippen LogP contribution in [-0.4, -0.2) is 29.6 Å². The molecule has 1 aliphatic carbocycles. The minimum absolute atomic E-state index is 0.152. The Hall–Kier alpha value is -1.94. The van der Waals surface area contributed by atoms with Crippen molar-refractivity contribution in [3.8, 4) is 0 Å². The molecule has 0 aromatic rings. The highest BCUT2D eigenvalue weighted by Crippen LogP contribution is 2.30. The van der Waals surface area contributed by atoms with Crippen LogP contribution in [0.4, 0.5) is 0 Å². The molecule has 0 amide bonds. The molecule has 0 saturated heterocycles. The predicted molar refractivity (Wildman–Crippen MR) is 100 cm³/mol. The molecule has 1 atom stereocenters. The second-order valence-electron chi connectivity index (χ2n) is 6.27. The molecule has 0 aromatic heterocycles. The van der Waals surface area contributed by atoms with E-state index in [0.29, 0.717) is 24.8 Å². The molecule has 0 aromatic carbocycles. The van der Waals surface area contributed by atoms with Crippen LogP contribution in [-0.2, 0) is 14.3 Å². The summed E-state index contributed by atoms with van der Waals surface area (Å²) < 4.78 is 4.58. The third kappa shape index (κ3) is 7.65. The quantitative estimate of drug-likeness (QED) is 0.263. The van der Waals surface area contributed by atoms with Gasteiger partial charge in [-0.1, -0.05) is 50.1 Å². The van der Waals surface area contributed by atoms with Gasteiger partial charge in [0.2, 0.25) is 0 Å². The maximum atomic E-state index is 12.0. The number of unbranched alkanes of at least 4 members (excludes halogenated alkanes) is 4. The van der Waals surface area contributed by atoms with Crippen molar-refractivity contribution < 1.29 is 19.4 Å². The number of hydrogen-bond acceptors (Lipinski definition) is 4. The molecular weight excluding hydrogens is 316 g/mol. The Kier molecular flexibility index (Phi) is 9.78. The van der Waals surface area contributed by atoms with Gasteiger partial charge in [-0.15, -0.1) is 0 Å². The fourth-order valence-corrected chi connectivity index (χ4v) is 2.63. The molecule has 0 spiro atoms. The average molecular weight is 346 g/mol. The van der Waals surface area contributed by atoms with Crippen LogP contribution in [0.3, 0.4) is 0 Å². The van der Waals surface area contributed by atoms with Crippen LogP contribution in [0, 0.1) is 0 Å². The summed E-state index contributed by atoms with van der Waals surface area (Å²) in [5.41, 5.74) is -0.816. The predicted octanol–water partition coefficient (Wildman–Crippen LogP) is 4.21. The fraction of sp³-hybridized carbons (Fsp3) is 0.524. The number of esters is 1. The van der Waals surface area contributed by atoms with Crippen molar-refractivity contribution in [2.45, 2.75) is 63.9 Å². The van der Waals surface area contributed by atoms with Crippen LogP contribution < -0.4 is 0 Å². The Morgan fingerprint density at radius 3 is 2.68 bits per heavy atom. The average Bonchev–Trinajstić information content (AvgIpc) is 2.89. The molecule has 1 aliphatic rings. The third-order valence-electron chi connectivity index (χ3n) is 4.19. The number of carbonyl (C=O) groups excluding carboxylic acids is 2. The van der Waals surface area contributed by atoms with E-state index in [1.807, 2.05) is 12.2 Å². The minimum atomic E-state index is -1.21. The van der Waals surface area contributed by atoms with Crippen molar-refractivity contribution in [1.29, 1.82) is 0 Å². The molecule has 0 fully saturated rings. The zero-order valence-corrected chi connectivity index (χ0v) is 15.4. The summed E-state index contributed by atoms with van der Waals surface area (Å²) in [5, 5.41) is 10.7. The molecule has 1 rings (SSSR count). The first-order valence-electron chi connectivity index (χ1n) is 9.08. The molecule has 0 bridgehead atoms. The first-order valence-corrected chi connectivity index (χ1v) is 9.08. The van der Waals surface area contributed by atoms with Gasteiger partial charge >= 0.3 is 5.97 Å². The van der Waals surface area contributed by atoms with Gasteiger partial charge in [-0.25, -0.2) is 0 Å². The van der Waals surface area contributed by atoms with Gasteiger partial charge in [0.15, 0.2) is 5.78 Å². The van der Waals surface area contributed by atoms with Crippen molar-refractivity contribution in [2.24, 2.45) is 0 Å². The SMILES string of the molecule is CCCCCC=CC[C@]1(O)C=CC(=O)C1=CC=CCCCC(=O)OC. The largest absolute Gasteiger partial charge is 0.469 e. The molecule has 0 radical (unpaired) electrons. The Bertz CT molecular complexity index is 554. The van der Waals surface area contributed by atoms with Crippen LogP contribution in [0.2, 0.25) is 0 Å². The van der Waals surface area contributed by atoms with Crippen LogP contribution in [0.5, 0.6) is 0 Å². The summed E-state index contributed by atoms with van der Waals surface area (Å²) in [7, 11) is 1.38. The van der Waals surface area contributed by atoms with Gasteiger partial charge in [0.1, 0.15) is 5.60 Å². The van der Waals surface area contributed by atoms with E-state index < -0.39 is 5.60 Å². The van der Waals surface area contributed by atoms with Crippen LogP contribution >= 0.6 is 0 Å². The highest BCUT2D eigenvalue weighted by atomic mass is 16.5. The van der Waals surface area contributed by atoms with Gasteiger partial charge in [-0.3, -0.25) is 9.59 Å². The van der Waals surface area contributed by atoms with E-state index in [-0.39, 0.29) is 11.8 Å². The van der Waals surface area contributed by atoms with E-state index in [1.165, 1.54) is 26.0 Å². The summed E-state index contributed by atoms with van der Waals surface area (Å²) in [4.78, 5) is 23.0. The van der Waals surface area contributed by atoms with Crippen LogP contribution in [0.25, 0.3) is 0 Å². The lowest BCUT2D eigenvalue weighted by molar-refractivity contribution is -0.140. The first-order chi connectivity index (χ1) is 12.0. The van der Waals surface area contributed by atoms with E-state index >= 15 is 0 Å². The Morgan fingerprint density at radius 2 is 1.96 bits per heavy atom. The molecule has 0 heterocycles. The van der Waals surface area contributed by atoms with Gasteiger partial charge in [0, 0.05) is 18.4 Å². The number of rotatable bonds is 11. The maximum Gasteiger partial charge on any atom is 0.305 e. The van der Waals surface area contributed by atoms with E-state index in [0.717, 1.165) is 19.3 Å². The third-order valence-corrected chi connectivity index (χ3v) is 4.19. The first kappa shape index (κ1) is 21.1. The topological polar surface area (TPSA) is 63.6 Å². The molecule has 138 valence electrons. The van der Waals surface area contributed by atoms with Crippen molar-refractivity contribution in [1.82, 2.24) is 0 Å². The summed E-state index contributed by atoms with van der Waals surface area (Å²) in [6.07, 6.45) is 19.1. The van der Waals surface area contributed by atoms with Gasteiger partial charge in [0.25, 0.3) is 0 Å². The lowest BCUT2D eigenvalue weighted by Crippen LogP contribution is -2.27. The van der Waals surface area contributed by atoms with Crippen LogP contribution in [0.15, 0.2) is 48.1 Å². The van der Waals surface area contributed by atoms with Crippen LogP contribution in [0.1, 0.15) is 58.3 Å². The number of carbonyl (C=O) groups is 2. The lowest BCUT2D eigenvalue weighted by atomic mass is 9.92. The van der Waals surface area contributed by atoms with Crippen molar-refractivity contribution in [2.75, 3.05) is 7.11 Å². The lowest BCUT2D eigenvalue weighted by Gasteiger charge is -2.20. The van der Waals surface area contributed by atoms with Gasteiger partial charge < -0.3 is 9.84 Å². The number of aliphatic hydroxyl groups is 1. The highest BCUT2D eigenvalue weighted by molar-refractivity contribution is 6.09. The van der Waals surface area contributed by atoms with Gasteiger partial charge in [0.05, 0.1) is 7.11 Å². The molecule has 25 heavy (non-hydrogen) atoms. The number of methoxy groups -OCH3 is 1. The van der Waals surface area contributed by atoms with Crippen molar-refractivity contribution in [3.63, 3.8) is 0 Å². The molecule has 0 unspecified atom stereocenters. The Balaban J connectivity index is 2.51. The summed E-state index contributed by atoms with van der Waals surface area (Å²) >= 11 is 0. The standard InChI is InChI=1S/C21H30O4/c1-3-4-5-6-9-12-16-21(24)17-15-19(22)18(21)13-10-7-8-11-14-20(23)25-2/h7,9-10,12-13,15,17,24H,3-6,8,11,14,16H2,1-2H3/t21-/m0/s1. The highest BCUT2D eigenvalue weighted by Gasteiger charge is 2.35. The Morgan fingerprint density at radius 1 is 1.20 bits per heavy atom. The van der Waals surface area contributed by atoms with E-state index in [2.05, 4.69) is 17.7 Å². The van der Waals surface area contributed by atoms with E-state index in [9.17, 15) is 14.7 Å². The van der Waals surface area contributed by atoms with E-state index in [4.69, 9.17) is 0 Å². The van der Waals surface area contributed by atoms with Gasteiger partial charge in [-0.05, 0) is 37.8 Å². The summed E-state index contributed by atoms with van der Waals surface area (Å²) in [5.74, 6) is -0.372. The normalized spacial score (nSPS) is 21.9. The summed E-state index contributed by atoms with van der Waals surface area (Å²) in [6.45, 7) is 2.17. The molecule has 4 heteroatoms. The smallest absolute Gasteiger partial charge is 0.305 e. The second-order valence-corrected chi connectivity index (χ2v) is 6.27. The molecule has 1 N–H and O–H groups in total. The van der Waals surface area contributed by atoms with Crippen molar-refractivity contribution in [3.05, 3.63) is 48.1 Å². The molecular formula is C21H30O4. The number of allylic oxidation sites excluding steroid dienone is 5. The number of ether oxygens (including phenoxy) is 1. The Labute approximate surface area is 151 Å². The fourth-order valence-electron chi connectivity index (χ4n) is 2.63. The van der Waals surface area contributed by atoms with Gasteiger partial charge in [-0.2, -0.15) is 0 Å². The summed E-state index contributed by atoms with van der Waals surface area (Å²) in [6, 6.07) is 0. The molecule has 0 aliphatic heterocycles. The molecule has 4 nitrogen and oxygen atoms in total. The minimum Gasteiger partial charge on any atom is -0.469 e. The molecule has 0 saturated carbocycles. The maximum absolute atomic E-state index is 12.0. The number of ketones is 1. The van der Waals surface area contributed by atoms with Crippen molar-refractivity contribution >= 4 is 11.8 Å². The number of hydrogen-bond donors (Lipinski definition) is 1. The zero-order valence-electron chi connectivity index (χ0n) is 15.4. The van der Waals surface area contributed by atoms with E-state index in [1.54, 1.807) is 18.2 Å². The monoisotopic (exact) mass is 346 g/mol. The zero-order chi connectivity index (χ0) is 18.5. The second kappa shape index (κ2) is 11.6.